The average molecular weight is 409 g/mol. The molecule has 0 saturated carbocycles. The van der Waals surface area contributed by atoms with Gasteiger partial charge in [0.1, 0.15) is 29.7 Å². The van der Waals surface area contributed by atoms with Crippen LogP contribution >= 0.6 is 0 Å². The second kappa shape index (κ2) is 10.3. The van der Waals surface area contributed by atoms with Crippen LogP contribution in [-0.2, 0) is 17.9 Å². The van der Waals surface area contributed by atoms with Crippen LogP contribution < -0.4 is 19.5 Å². The number of rotatable bonds is 9. The van der Waals surface area contributed by atoms with E-state index in [1.807, 2.05) is 30.3 Å². The first-order valence-corrected chi connectivity index (χ1v) is 9.58. The number of halogens is 1. The van der Waals surface area contributed by atoms with Gasteiger partial charge in [0, 0.05) is 12.6 Å². The van der Waals surface area contributed by atoms with E-state index in [4.69, 9.17) is 14.2 Å². The van der Waals surface area contributed by atoms with Gasteiger partial charge >= 0.3 is 0 Å². The molecule has 0 spiro atoms. The molecule has 0 radical (unpaired) electrons. The smallest absolute Gasteiger partial charge is 0.261 e. The molecule has 3 rings (SSSR count). The number of nitrogens with one attached hydrogen (secondary N) is 1. The lowest BCUT2D eigenvalue weighted by molar-refractivity contribution is -0.127. The summed E-state index contributed by atoms with van der Waals surface area (Å²) < 4.78 is 29.5. The van der Waals surface area contributed by atoms with Crippen LogP contribution in [0.3, 0.4) is 0 Å². The maximum absolute atomic E-state index is 12.9. The SMILES string of the molecule is COc1cccc(O[C@H](C)C(=O)NCc2ccc(OCc3ccc(F)cc3)cc2)c1. The first-order chi connectivity index (χ1) is 14.5. The zero-order valence-corrected chi connectivity index (χ0v) is 16.9. The van der Waals surface area contributed by atoms with Crippen molar-refractivity contribution in [1.29, 1.82) is 0 Å². The molecule has 0 aliphatic heterocycles. The molecule has 0 aliphatic rings. The van der Waals surface area contributed by atoms with E-state index in [9.17, 15) is 9.18 Å². The number of methoxy groups -OCH3 is 1. The van der Waals surface area contributed by atoms with Crippen molar-refractivity contribution in [2.75, 3.05) is 7.11 Å². The highest BCUT2D eigenvalue weighted by Crippen LogP contribution is 2.20. The number of carbonyl (C=O) groups is 1. The minimum Gasteiger partial charge on any atom is -0.497 e. The molecular weight excluding hydrogens is 385 g/mol. The van der Waals surface area contributed by atoms with E-state index in [1.165, 1.54) is 12.1 Å². The Morgan fingerprint density at radius 2 is 1.60 bits per heavy atom. The van der Waals surface area contributed by atoms with Crippen LogP contribution in [-0.4, -0.2) is 19.1 Å². The van der Waals surface area contributed by atoms with Gasteiger partial charge in [0.25, 0.3) is 5.91 Å². The maximum atomic E-state index is 12.9. The summed E-state index contributed by atoms with van der Waals surface area (Å²) in [6.07, 6.45) is -0.643. The molecule has 0 aliphatic carbocycles. The van der Waals surface area contributed by atoms with Gasteiger partial charge in [0.15, 0.2) is 6.10 Å². The van der Waals surface area contributed by atoms with Crippen molar-refractivity contribution >= 4 is 5.91 Å². The number of ether oxygens (including phenoxy) is 3. The summed E-state index contributed by atoms with van der Waals surface area (Å²) in [5, 5.41) is 2.86. The first-order valence-electron chi connectivity index (χ1n) is 9.58. The highest BCUT2D eigenvalue weighted by molar-refractivity contribution is 5.80. The number of amides is 1. The van der Waals surface area contributed by atoms with Crippen molar-refractivity contribution < 1.29 is 23.4 Å². The van der Waals surface area contributed by atoms with Crippen molar-refractivity contribution in [3.05, 3.63) is 89.7 Å². The summed E-state index contributed by atoms with van der Waals surface area (Å²) in [5.74, 6) is 1.45. The fourth-order valence-electron chi connectivity index (χ4n) is 2.72. The van der Waals surface area contributed by atoms with Gasteiger partial charge in [-0.2, -0.15) is 0 Å². The largest absolute Gasteiger partial charge is 0.497 e. The zero-order chi connectivity index (χ0) is 21.3. The summed E-state index contributed by atoms with van der Waals surface area (Å²) in [6, 6.07) is 20.7. The number of hydrogen-bond donors (Lipinski definition) is 1. The van der Waals surface area contributed by atoms with Crippen molar-refractivity contribution in [2.45, 2.75) is 26.2 Å². The molecule has 3 aromatic carbocycles. The molecule has 156 valence electrons. The van der Waals surface area contributed by atoms with E-state index in [-0.39, 0.29) is 11.7 Å². The van der Waals surface area contributed by atoms with Crippen molar-refractivity contribution in [2.24, 2.45) is 0 Å². The quantitative estimate of drug-likeness (QED) is 0.566. The third kappa shape index (κ3) is 6.24. The molecule has 0 unspecified atom stereocenters. The lowest BCUT2D eigenvalue weighted by atomic mass is 10.2. The van der Waals surface area contributed by atoms with E-state index >= 15 is 0 Å². The molecule has 0 heterocycles. The maximum Gasteiger partial charge on any atom is 0.261 e. The van der Waals surface area contributed by atoms with Gasteiger partial charge in [-0.15, -0.1) is 0 Å². The summed E-state index contributed by atoms with van der Waals surface area (Å²) in [7, 11) is 1.58. The summed E-state index contributed by atoms with van der Waals surface area (Å²) in [4.78, 5) is 12.3. The summed E-state index contributed by atoms with van der Waals surface area (Å²) in [5.41, 5.74) is 1.82. The van der Waals surface area contributed by atoms with Crippen molar-refractivity contribution in [3.63, 3.8) is 0 Å². The number of carbonyl (C=O) groups excluding carboxylic acids is 1. The fraction of sp³-hybridized carbons (Fsp3) is 0.208. The van der Waals surface area contributed by atoms with Crippen LogP contribution in [0.1, 0.15) is 18.1 Å². The second-order valence-electron chi connectivity index (χ2n) is 6.72. The van der Waals surface area contributed by atoms with Gasteiger partial charge in [0.2, 0.25) is 0 Å². The van der Waals surface area contributed by atoms with Crippen molar-refractivity contribution in [3.8, 4) is 17.2 Å². The van der Waals surface area contributed by atoms with Gasteiger partial charge in [-0.05, 0) is 54.4 Å². The molecular formula is C24H24FNO4. The topological polar surface area (TPSA) is 56.8 Å². The Morgan fingerprint density at radius 1 is 0.933 bits per heavy atom. The molecule has 5 nitrogen and oxygen atoms in total. The normalized spacial score (nSPS) is 11.4. The molecule has 1 atom stereocenters. The van der Waals surface area contributed by atoms with Gasteiger partial charge in [0.05, 0.1) is 7.11 Å². The lowest BCUT2D eigenvalue weighted by Gasteiger charge is -2.15. The molecule has 3 aromatic rings. The van der Waals surface area contributed by atoms with E-state index in [1.54, 1.807) is 44.4 Å². The Labute approximate surface area is 175 Å². The molecule has 0 aromatic heterocycles. The van der Waals surface area contributed by atoms with Crippen LogP contribution in [0.2, 0.25) is 0 Å². The minimum absolute atomic E-state index is 0.213. The predicted molar refractivity (Wildman–Crippen MR) is 112 cm³/mol. The van der Waals surface area contributed by atoms with Crippen LogP contribution in [0.15, 0.2) is 72.8 Å². The number of benzene rings is 3. The molecule has 1 N–H and O–H groups in total. The van der Waals surface area contributed by atoms with Crippen LogP contribution in [0, 0.1) is 5.82 Å². The highest BCUT2D eigenvalue weighted by Gasteiger charge is 2.14. The third-order valence-electron chi connectivity index (χ3n) is 4.43. The van der Waals surface area contributed by atoms with Gasteiger partial charge in [-0.3, -0.25) is 4.79 Å². The third-order valence-corrected chi connectivity index (χ3v) is 4.43. The minimum atomic E-state index is -0.643. The Kier molecular flexibility index (Phi) is 7.27. The highest BCUT2D eigenvalue weighted by atomic mass is 19.1. The van der Waals surface area contributed by atoms with Gasteiger partial charge in [-0.25, -0.2) is 4.39 Å². The summed E-state index contributed by atoms with van der Waals surface area (Å²) >= 11 is 0. The van der Waals surface area contributed by atoms with E-state index in [2.05, 4.69) is 5.32 Å². The second-order valence-corrected chi connectivity index (χ2v) is 6.72. The molecule has 0 fully saturated rings. The lowest BCUT2D eigenvalue weighted by Crippen LogP contribution is -2.35. The van der Waals surface area contributed by atoms with Crippen molar-refractivity contribution in [1.82, 2.24) is 5.32 Å². The summed E-state index contributed by atoms with van der Waals surface area (Å²) in [6.45, 7) is 2.43. The van der Waals surface area contributed by atoms with Gasteiger partial charge in [-0.1, -0.05) is 30.3 Å². The molecule has 6 heteroatoms. The first kappa shape index (κ1) is 21.2. The molecule has 0 saturated heterocycles. The zero-order valence-electron chi connectivity index (χ0n) is 16.9. The molecule has 30 heavy (non-hydrogen) atoms. The molecule has 1 amide bonds. The van der Waals surface area contributed by atoms with E-state index in [0.717, 1.165) is 11.1 Å². The number of hydrogen-bond acceptors (Lipinski definition) is 4. The van der Waals surface area contributed by atoms with E-state index in [0.29, 0.717) is 30.4 Å². The Bertz CT molecular complexity index is 958. The molecule has 0 bridgehead atoms. The van der Waals surface area contributed by atoms with Crippen LogP contribution in [0.4, 0.5) is 4.39 Å². The fourth-order valence-corrected chi connectivity index (χ4v) is 2.72. The van der Waals surface area contributed by atoms with Crippen LogP contribution in [0.5, 0.6) is 17.2 Å². The van der Waals surface area contributed by atoms with E-state index < -0.39 is 6.10 Å². The Balaban J connectivity index is 1.45. The van der Waals surface area contributed by atoms with Gasteiger partial charge < -0.3 is 19.5 Å². The monoisotopic (exact) mass is 409 g/mol. The van der Waals surface area contributed by atoms with Crippen LogP contribution in [0.25, 0.3) is 0 Å². The average Bonchev–Trinajstić information content (AvgIpc) is 2.78. The predicted octanol–water partition coefficient (Wildman–Crippen LogP) is 4.50. The Morgan fingerprint density at radius 3 is 2.30 bits per heavy atom. The Hall–Kier alpha value is -3.54. The standard InChI is InChI=1S/C24H24FNO4/c1-17(30-23-5-3-4-22(14-23)28-2)24(27)26-15-18-8-12-21(13-9-18)29-16-19-6-10-20(25)11-7-19/h3-14,17H,15-16H2,1-2H3,(H,26,27)/t17-/m1/s1.